The van der Waals surface area contributed by atoms with Gasteiger partial charge >= 0.3 is 0 Å². The minimum Gasteiger partial charge on any atom is -0.489 e. The first kappa shape index (κ1) is 18.1. The number of hydrazine groups is 1. The van der Waals surface area contributed by atoms with Gasteiger partial charge in [-0.15, -0.1) is 0 Å². The van der Waals surface area contributed by atoms with E-state index in [1.54, 1.807) is 18.2 Å². The van der Waals surface area contributed by atoms with Crippen LogP contribution in [0.15, 0.2) is 24.3 Å². The van der Waals surface area contributed by atoms with Crippen molar-refractivity contribution in [3.8, 4) is 5.75 Å². The van der Waals surface area contributed by atoms with Crippen molar-refractivity contribution < 1.29 is 19.0 Å². The third-order valence-electron chi connectivity index (χ3n) is 4.95. The molecule has 1 aliphatic carbocycles. The molecule has 1 saturated carbocycles. The van der Waals surface area contributed by atoms with Gasteiger partial charge in [0.15, 0.2) is 11.6 Å². The van der Waals surface area contributed by atoms with E-state index in [0.717, 1.165) is 32.1 Å². The molecule has 138 valence electrons. The van der Waals surface area contributed by atoms with E-state index in [2.05, 4.69) is 16.2 Å². The molecule has 0 bridgehead atoms. The van der Waals surface area contributed by atoms with Crippen molar-refractivity contribution in [3.63, 3.8) is 0 Å². The molecule has 6 nitrogen and oxygen atoms in total. The van der Waals surface area contributed by atoms with Crippen molar-refractivity contribution >= 4 is 5.91 Å². The van der Waals surface area contributed by atoms with Crippen molar-refractivity contribution in [2.24, 2.45) is 0 Å². The van der Waals surface area contributed by atoms with Crippen LogP contribution in [0.2, 0.25) is 0 Å². The second-order valence-electron chi connectivity index (χ2n) is 7.02. The van der Waals surface area contributed by atoms with Gasteiger partial charge in [-0.1, -0.05) is 31.4 Å². The van der Waals surface area contributed by atoms with Crippen molar-refractivity contribution in [1.29, 1.82) is 0 Å². The van der Waals surface area contributed by atoms with Crippen molar-refractivity contribution in [1.82, 2.24) is 16.2 Å². The highest BCUT2D eigenvalue weighted by Crippen LogP contribution is 2.27. The fourth-order valence-corrected chi connectivity index (χ4v) is 3.42. The SMILES string of the molecule is O=C(NCC1(O)CCCCC1)C1CC(COc2ccccc2F)NN1. The maximum atomic E-state index is 13.5. The van der Waals surface area contributed by atoms with E-state index in [9.17, 15) is 14.3 Å². The number of carbonyl (C=O) groups is 1. The Bertz CT molecular complexity index is 593. The molecular weight excluding hydrogens is 325 g/mol. The van der Waals surface area contributed by atoms with Crippen LogP contribution in [0.25, 0.3) is 0 Å². The van der Waals surface area contributed by atoms with Gasteiger partial charge in [-0.2, -0.15) is 0 Å². The first-order valence-corrected chi connectivity index (χ1v) is 8.94. The molecule has 1 saturated heterocycles. The van der Waals surface area contributed by atoms with Crippen molar-refractivity contribution in [3.05, 3.63) is 30.1 Å². The molecule has 0 aromatic heterocycles. The molecule has 0 spiro atoms. The molecule has 3 rings (SSSR count). The van der Waals surface area contributed by atoms with Crippen molar-refractivity contribution in [2.75, 3.05) is 13.2 Å². The van der Waals surface area contributed by atoms with E-state index in [4.69, 9.17) is 4.74 Å². The Morgan fingerprint density at radius 2 is 2.04 bits per heavy atom. The molecule has 2 unspecified atom stereocenters. The van der Waals surface area contributed by atoms with E-state index in [-0.39, 0.29) is 30.3 Å². The van der Waals surface area contributed by atoms with E-state index in [1.165, 1.54) is 6.07 Å². The lowest BCUT2D eigenvalue weighted by molar-refractivity contribution is -0.124. The standard InChI is InChI=1S/C18H26FN3O3/c19-14-6-2-3-7-16(14)25-11-13-10-15(22-21-13)17(23)20-12-18(24)8-4-1-5-9-18/h2-3,6-7,13,15,21-22,24H,1,4-5,8-12H2,(H,20,23). The molecule has 7 heteroatoms. The first-order chi connectivity index (χ1) is 12.1. The molecule has 1 aliphatic heterocycles. The summed E-state index contributed by atoms with van der Waals surface area (Å²) in [7, 11) is 0. The Kier molecular flexibility index (Phi) is 5.88. The predicted octanol–water partition coefficient (Wildman–Crippen LogP) is 1.25. The lowest BCUT2D eigenvalue weighted by Gasteiger charge is -2.32. The summed E-state index contributed by atoms with van der Waals surface area (Å²) in [6.45, 7) is 0.558. The zero-order valence-corrected chi connectivity index (χ0v) is 14.3. The van der Waals surface area contributed by atoms with E-state index < -0.39 is 11.4 Å². The van der Waals surface area contributed by atoms with Crippen LogP contribution in [-0.2, 0) is 4.79 Å². The highest BCUT2D eigenvalue weighted by Gasteiger charge is 2.33. The molecule has 1 aromatic rings. The van der Waals surface area contributed by atoms with Gasteiger partial charge in [0, 0.05) is 6.54 Å². The number of halogens is 1. The van der Waals surface area contributed by atoms with Crippen LogP contribution < -0.4 is 20.9 Å². The minimum absolute atomic E-state index is 0.0897. The Hall–Kier alpha value is -1.70. The lowest BCUT2D eigenvalue weighted by Crippen LogP contribution is -2.49. The largest absolute Gasteiger partial charge is 0.489 e. The van der Waals surface area contributed by atoms with E-state index in [0.29, 0.717) is 13.0 Å². The number of amides is 1. The number of para-hydroxylation sites is 1. The summed E-state index contributed by atoms with van der Waals surface area (Å²) in [5.74, 6) is -0.333. The summed E-state index contributed by atoms with van der Waals surface area (Å²) < 4.78 is 19.0. The predicted molar refractivity (Wildman–Crippen MR) is 91.4 cm³/mol. The maximum Gasteiger partial charge on any atom is 0.238 e. The second-order valence-corrected chi connectivity index (χ2v) is 7.02. The molecule has 1 aromatic carbocycles. The molecule has 1 heterocycles. The maximum absolute atomic E-state index is 13.5. The number of benzene rings is 1. The van der Waals surface area contributed by atoms with E-state index in [1.807, 2.05) is 0 Å². The molecule has 2 fully saturated rings. The number of rotatable bonds is 6. The minimum atomic E-state index is -0.771. The third-order valence-corrected chi connectivity index (χ3v) is 4.95. The van der Waals surface area contributed by atoms with Crippen LogP contribution >= 0.6 is 0 Å². The summed E-state index contributed by atoms with van der Waals surface area (Å²) in [5, 5.41) is 13.3. The average Bonchev–Trinajstić information content (AvgIpc) is 3.09. The van der Waals surface area contributed by atoms with Gasteiger partial charge in [0.25, 0.3) is 0 Å². The monoisotopic (exact) mass is 351 g/mol. The van der Waals surface area contributed by atoms with Gasteiger partial charge in [0.1, 0.15) is 12.6 Å². The molecule has 2 atom stereocenters. The third kappa shape index (κ3) is 4.90. The van der Waals surface area contributed by atoms with Crippen LogP contribution in [-0.4, -0.2) is 41.9 Å². The number of ether oxygens (including phenoxy) is 1. The van der Waals surface area contributed by atoms with Gasteiger partial charge < -0.3 is 15.2 Å². The Balaban J connectivity index is 1.41. The summed E-state index contributed by atoms with van der Waals surface area (Å²) in [6.07, 6.45) is 5.17. The summed E-state index contributed by atoms with van der Waals surface area (Å²) in [4.78, 5) is 12.3. The molecular formula is C18H26FN3O3. The van der Waals surface area contributed by atoms with Crippen LogP contribution in [0.1, 0.15) is 38.5 Å². The quantitative estimate of drug-likeness (QED) is 0.620. The van der Waals surface area contributed by atoms with Gasteiger partial charge in [-0.25, -0.2) is 9.82 Å². The summed E-state index contributed by atoms with van der Waals surface area (Å²) >= 11 is 0. The average molecular weight is 351 g/mol. The molecule has 2 aliphatic rings. The van der Waals surface area contributed by atoms with Crippen LogP contribution in [0.5, 0.6) is 5.75 Å². The normalized spacial score (nSPS) is 25.5. The van der Waals surface area contributed by atoms with E-state index >= 15 is 0 Å². The first-order valence-electron chi connectivity index (χ1n) is 8.94. The molecule has 25 heavy (non-hydrogen) atoms. The molecule has 0 radical (unpaired) electrons. The van der Waals surface area contributed by atoms with Crippen LogP contribution in [0, 0.1) is 5.82 Å². The fourth-order valence-electron chi connectivity index (χ4n) is 3.42. The van der Waals surface area contributed by atoms with Crippen LogP contribution in [0.3, 0.4) is 0 Å². The molecule has 4 N–H and O–H groups in total. The summed E-state index contributed by atoms with van der Waals surface area (Å²) in [5.41, 5.74) is 5.17. The van der Waals surface area contributed by atoms with Gasteiger partial charge in [-0.05, 0) is 31.4 Å². The lowest BCUT2D eigenvalue weighted by atomic mass is 9.85. The highest BCUT2D eigenvalue weighted by molar-refractivity contribution is 5.82. The highest BCUT2D eigenvalue weighted by atomic mass is 19.1. The van der Waals surface area contributed by atoms with Crippen LogP contribution in [0.4, 0.5) is 4.39 Å². The zero-order valence-electron chi connectivity index (χ0n) is 14.3. The fraction of sp³-hybridized carbons (Fsp3) is 0.611. The number of aliphatic hydroxyl groups is 1. The Morgan fingerprint density at radius 1 is 1.28 bits per heavy atom. The topological polar surface area (TPSA) is 82.6 Å². The van der Waals surface area contributed by atoms with Gasteiger partial charge in [-0.3, -0.25) is 10.2 Å². The number of hydrogen-bond donors (Lipinski definition) is 4. The number of hydrogen-bond acceptors (Lipinski definition) is 5. The number of nitrogens with one attached hydrogen (secondary N) is 3. The Labute approximate surface area is 147 Å². The van der Waals surface area contributed by atoms with Gasteiger partial charge in [0.2, 0.25) is 5.91 Å². The number of carbonyl (C=O) groups excluding carboxylic acids is 1. The zero-order chi connectivity index (χ0) is 17.7. The van der Waals surface area contributed by atoms with Gasteiger partial charge in [0.05, 0.1) is 11.6 Å². The Morgan fingerprint density at radius 3 is 2.80 bits per heavy atom. The second kappa shape index (κ2) is 8.12. The summed E-state index contributed by atoms with van der Waals surface area (Å²) in [6, 6.07) is 5.77. The smallest absolute Gasteiger partial charge is 0.238 e. The van der Waals surface area contributed by atoms with Crippen molar-refractivity contribution in [2.45, 2.75) is 56.2 Å². The molecule has 1 amide bonds.